The minimum atomic E-state index is -0.360. The summed E-state index contributed by atoms with van der Waals surface area (Å²) in [6.07, 6.45) is 4.58. The Labute approximate surface area is 130 Å². The van der Waals surface area contributed by atoms with Crippen molar-refractivity contribution < 1.29 is 14.3 Å². The van der Waals surface area contributed by atoms with Gasteiger partial charge in [0.05, 0.1) is 18.8 Å². The third-order valence-corrected chi connectivity index (χ3v) is 4.36. The first-order valence-corrected chi connectivity index (χ1v) is 7.60. The number of benzene rings is 1. The molecule has 116 valence electrons. The topological polar surface area (TPSA) is 47.6 Å². The van der Waals surface area contributed by atoms with E-state index in [2.05, 4.69) is 5.32 Å². The van der Waals surface area contributed by atoms with Gasteiger partial charge in [-0.2, -0.15) is 0 Å². The maximum Gasteiger partial charge on any atom is 0.338 e. The molecule has 0 amide bonds. The van der Waals surface area contributed by atoms with Crippen molar-refractivity contribution in [3.8, 4) is 0 Å². The first-order valence-electron chi connectivity index (χ1n) is 7.23. The summed E-state index contributed by atoms with van der Waals surface area (Å²) in [5, 5.41) is 4.04. The molecule has 1 saturated carbocycles. The van der Waals surface area contributed by atoms with Gasteiger partial charge in [0.2, 0.25) is 0 Å². The van der Waals surface area contributed by atoms with Crippen LogP contribution >= 0.6 is 11.6 Å². The van der Waals surface area contributed by atoms with Crippen LogP contribution in [0.1, 0.15) is 41.6 Å². The third-order valence-electron chi connectivity index (χ3n) is 4.14. The van der Waals surface area contributed by atoms with Gasteiger partial charge in [0.25, 0.3) is 0 Å². The number of anilines is 1. The van der Waals surface area contributed by atoms with E-state index in [4.69, 9.17) is 21.1 Å². The van der Waals surface area contributed by atoms with E-state index in [-0.39, 0.29) is 5.97 Å². The molecule has 2 rings (SSSR count). The van der Waals surface area contributed by atoms with Crippen LogP contribution in [0.5, 0.6) is 0 Å². The molecule has 0 aromatic heterocycles. The molecule has 0 saturated heterocycles. The van der Waals surface area contributed by atoms with Gasteiger partial charge in [-0.05, 0) is 50.3 Å². The molecule has 0 atom stereocenters. The summed E-state index contributed by atoms with van der Waals surface area (Å²) < 4.78 is 10.2. The van der Waals surface area contributed by atoms with Gasteiger partial charge in [0, 0.05) is 23.9 Å². The second-order valence-corrected chi connectivity index (χ2v) is 5.91. The molecule has 0 aliphatic heterocycles. The van der Waals surface area contributed by atoms with Crippen LogP contribution in [0.15, 0.2) is 12.1 Å². The summed E-state index contributed by atoms with van der Waals surface area (Å²) in [5.74, 6) is -0.360. The monoisotopic (exact) mass is 311 g/mol. The van der Waals surface area contributed by atoms with E-state index in [1.807, 2.05) is 13.0 Å². The van der Waals surface area contributed by atoms with E-state index in [0.717, 1.165) is 36.9 Å². The lowest BCUT2D eigenvalue weighted by Crippen LogP contribution is -2.29. The van der Waals surface area contributed by atoms with Crippen molar-refractivity contribution in [1.82, 2.24) is 0 Å². The Morgan fingerprint density at radius 3 is 2.48 bits per heavy atom. The number of methoxy groups -OCH3 is 2. The van der Waals surface area contributed by atoms with E-state index >= 15 is 0 Å². The van der Waals surface area contributed by atoms with Gasteiger partial charge in [-0.25, -0.2) is 4.79 Å². The fraction of sp³-hybridized carbons (Fsp3) is 0.562. The van der Waals surface area contributed by atoms with Crippen molar-refractivity contribution in [3.05, 3.63) is 28.3 Å². The average molecular weight is 312 g/mol. The molecule has 5 heteroatoms. The first-order chi connectivity index (χ1) is 10.0. The van der Waals surface area contributed by atoms with Gasteiger partial charge in [-0.3, -0.25) is 0 Å². The van der Waals surface area contributed by atoms with Crippen molar-refractivity contribution in [2.45, 2.75) is 44.8 Å². The van der Waals surface area contributed by atoms with Crippen LogP contribution in [-0.2, 0) is 9.47 Å². The standard InChI is InChI=1S/C16H22ClNO3/c1-10-14(16(19)21-3)8-11(17)9-15(10)18-12-4-6-13(20-2)7-5-12/h8-9,12-13,18H,4-7H2,1-3H3/t12-,13-. The summed E-state index contributed by atoms with van der Waals surface area (Å²) in [5.41, 5.74) is 2.29. The Morgan fingerprint density at radius 2 is 1.90 bits per heavy atom. The maximum atomic E-state index is 11.8. The van der Waals surface area contributed by atoms with Crippen LogP contribution in [-0.4, -0.2) is 32.3 Å². The lowest BCUT2D eigenvalue weighted by atomic mass is 9.92. The minimum Gasteiger partial charge on any atom is -0.465 e. The molecular weight excluding hydrogens is 290 g/mol. The third kappa shape index (κ3) is 3.89. The molecule has 1 aliphatic rings. The quantitative estimate of drug-likeness (QED) is 0.859. The second kappa shape index (κ2) is 7.14. The molecule has 0 bridgehead atoms. The molecule has 1 aromatic carbocycles. The summed E-state index contributed by atoms with van der Waals surface area (Å²) >= 11 is 6.12. The van der Waals surface area contributed by atoms with Gasteiger partial charge in [0.1, 0.15) is 0 Å². The van der Waals surface area contributed by atoms with Crippen LogP contribution in [0.25, 0.3) is 0 Å². The van der Waals surface area contributed by atoms with E-state index in [1.165, 1.54) is 7.11 Å². The van der Waals surface area contributed by atoms with Gasteiger partial charge < -0.3 is 14.8 Å². The van der Waals surface area contributed by atoms with Gasteiger partial charge in [0.15, 0.2) is 0 Å². The molecule has 0 heterocycles. The van der Waals surface area contributed by atoms with Crippen LogP contribution in [0.4, 0.5) is 5.69 Å². The van der Waals surface area contributed by atoms with E-state index in [9.17, 15) is 4.79 Å². The summed E-state index contributed by atoms with van der Waals surface area (Å²) in [6, 6.07) is 3.90. The lowest BCUT2D eigenvalue weighted by molar-refractivity contribution is 0.0600. The molecule has 0 unspecified atom stereocenters. The Balaban J connectivity index is 2.13. The number of carbonyl (C=O) groups excluding carboxylic acids is 1. The Morgan fingerprint density at radius 1 is 1.24 bits per heavy atom. The van der Waals surface area contributed by atoms with Crippen molar-refractivity contribution in [2.24, 2.45) is 0 Å². The zero-order chi connectivity index (χ0) is 15.4. The second-order valence-electron chi connectivity index (χ2n) is 5.47. The van der Waals surface area contributed by atoms with E-state index in [1.54, 1.807) is 13.2 Å². The fourth-order valence-corrected chi connectivity index (χ4v) is 3.03. The maximum absolute atomic E-state index is 11.8. The molecule has 1 fully saturated rings. The summed E-state index contributed by atoms with van der Waals surface area (Å²) in [6.45, 7) is 1.91. The smallest absolute Gasteiger partial charge is 0.338 e. The summed E-state index contributed by atoms with van der Waals surface area (Å²) in [4.78, 5) is 11.8. The van der Waals surface area contributed by atoms with Crippen LogP contribution in [0, 0.1) is 6.92 Å². The number of ether oxygens (including phenoxy) is 2. The fourth-order valence-electron chi connectivity index (χ4n) is 2.81. The Kier molecular flexibility index (Phi) is 5.48. The number of halogens is 1. The average Bonchev–Trinajstić information content (AvgIpc) is 2.50. The van der Waals surface area contributed by atoms with Crippen molar-refractivity contribution in [1.29, 1.82) is 0 Å². The number of esters is 1. The van der Waals surface area contributed by atoms with Crippen molar-refractivity contribution in [2.75, 3.05) is 19.5 Å². The molecular formula is C16H22ClNO3. The SMILES string of the molecule is COC(=O)c1cc(Cl)cc(N[C@H]2CC[C@H](OC)CC2)c1C. The van der Waals surface area contributed by atoms with Gasteiger partial charge in [-0.15, -0.1) is 0 Å². The number of nitrogens with one attached hydrogen (secondary N) is 1. The number of carbonyl (C=O) groups is 1. The Bertz CT molecular complexity index is 510. The molecule has 0 spiro atoms. The highest BCUT2D eigenvalue weighted by Gasteiger charge is 2.22. The molecule has 4 nitrogen and oxygen atoms in total. The highest BCUT2D eigenvalue weighted by Crippen LogP contribution is 2.29. The Hall–Kier alpha value is -1.26. The highest BCUT2D eigenvalue weighted by atomic mass is 35.5. The predicted octanol–water partition coefficient (Wildman–Crippen LogP) is 3.80. The van der Waals surface area contributed by atoms with Crippen LogP contribution < -0.4 is 5.32 Å². The molecule has 0 radical (unpaired) electrons. The van der Waals surface area contributed by atoms with Crippen LogP contribution in [0.2, 0.25) is 5.02 Å². The number of hydrogen-bond donors (Lipinski definition) is 1. The zero-order valence-corrected chi connectivity index (χ0v) is 13.5. The summed E-state index contributed by atoms with van der Waals surface area (Å²) in [7, 11) is 3.14. The van der Waals surface area contributed by atoms with E-state index in [0.29, 0.717) is 22.7 Å². The molecule has 21 heavy (non-hydrogen) atoms. The normalized spacial score (nSPS) is 21.9. The van der Waals surface area contributed by atoms with Gasteiger partial charge >= 0.3 is 5.97 Å². The largest absolute Gasteiger partial charge is 0.465 e. The van der Waals surface area contributed by atoms with Crippen molar-refractivity contribution in [3.63, 3.8) is 0 Å². The predicted molar refractivity (Wildman–Crippen MR) is 84.2 cm³/mol. The zero-order valence-electron chi connectivity index (χ0n) is 12.7. The van der Waals surface area contributed by atoms with Gasteiger partial charge in [-0.1, -0.05) is 11.6 Å². The molecule has 1 aliphatic carbocycles. The van der Waals surface area contributed by atoms with Crippen LogP contribution in [0.3, 0.4) is 0 Å². The molecule has 1 N–H and O–H groups in total. The lowest BCUT2D eigenvalue weighted by Gasteiger charge is -2.29. The molecule has 1 aromatic rings. The number of hydrogen-bond acceptors (Lipinski definition) is 4. The number of rotatable bonds is 4. The van der Waals surface area contributed by atoms with E-state index < -0.39 is 0 Å². The highest BCUT2D eigenvalue weighted by molar-refractivity contribution is 6.31. The van der Waals surface area contributed by atoms with Crippen molar-refractivity contribution >= 4 is 23.3 Å². The minimum absolute atomic E-state index is 0.360. The first kappa shape index (κ1) is 16.1.